The number of hydrogen-bond donors (Lipinski definition) is 2. The van der Waals surface area contributed by atoms with Gasteiger partial charge in [-0.25, -0.2) is 19.0 Å². The highest BCUT2D eigenvalue weighted by Gasteiger charge is 2.44. The molecule has 3 aromatic rings. The maximum atomic E-state index is 13.9. The lowest BCUT2D eigenvalue weighted by molar-refractivity contribution is -0.199. The molecule has 2 aromatic carbocycles. The number of rotatable bonds is 7. The number of aromatic nitrogens is 1. The van der Waals surface area contributed by atoms with E-state index < -0.39 is 30.1 Å². The van der Waals surface area contributed by atoms with Crippen LogP contribution in [0.15, 0.2) is 30.3 Å². The molecular formula is C25H24Cl2F4N4O4S. The van der Waals surface area contributed by atoms with Gasteiger partial charge in [0.2, 0.25) is 5.13 Å². The standard InChI is InChI=1S/C25H24Cl2F4N4O4S/c1-13(20-16(26)3-4-17(28)21(20)27)38-15-2-5-18-19(12-15)40-24(34-18)35(39-22(36)25(29,30)31)23(37)33-11-8-14-6-9-32-10-7-14/h2-5,12-14,32H,6-11H2,1H3,(H,33,37). The third-order valence-electron chi connectivity index (χ3n) is 6.20. The Labute approximate surface area is 240 Å². The Bertz CT molecular complexity index is 1380. The number of fused-ring (bicyclic) bond motifs is 1. The highest BCUT2D eigenvalue weighted by atomic mass is 35.5. The quantitative estimate of drug-likeness (QED) is 0.171. The molecule has 2 heterocycles. The van der Waals surface area contributed by atoms with Gasteiger partial charge in [-0.05, 0) is 75.5 Å². The molecule has 40 heavy (non-hydrogen) atoms. The fraction of sp³-hybridized carbons (Fsp3) is 0.400. The number of nitrogens with one attached hydrogen (secondary N) is 2. The molecule has 0 radical (unpaired) electrons. The summed E-state index contributed by atoms with van der Waals surface area (Å²) in [5.74, 6) is -2.59. The van der Waals surface area contributed by atoms with Crippen molar-refractivity contribution in [1.82, 2.24) is 15.6 Å². The van der Waals surface area contributed by atoms with E-state index in [1.807, 2.05) is 0 Å². The molecule has 1 aromatic heterocycles. The van der Waals surface area contributed by atoms with Gasteiger partial charge in [0.1, 0.15) is 17.7 Å². The monoisotopic (exact) mass is 622 g/mol. The summed E-state index contributed by atoms with van der Waals surface area (Å²) in [5.41, 5.74) is 0.539. The van der Waals surface area contributed by atoms with Gasteiger partial charge in [-0.15, -0.1) is 0 Å². The maximum Gasteiger partial charge on any atom is 0.493 e. The molecule has 0 saturated carbocycles. The van der Waals surface area contributed by atoms with Gasteiger partial charge in [-0.1, -0.05) is 39.6 Å². The predicted octanol–water partition coefficient (Wildman–Crippen LogP) is 6.81. The number of hydroxylamine groups is 1. The summed E-state index contributed by atoms with van der Waals surface area (Å²) in [4.78, 5) is 33.0. The van der Waals surface area contributed by atoms with E-state index in [0.29, 0.717) is 22.6 Å². The normalized spacial score (nSPS) is 15.1. The summed E-state index contributed by atoms with van der Waals surface area (Å²) in [6.45, 7) is 3.50. The number of alkyl halides is 3. The molecule has 1 aliphatic heterocycles. The van der Waals surface area contributed by atoms with E-state index in [2.05, 4.69) is 20.5 Å². The number of piperidine rings is 1. The van der Waals surface area contributed by atoms with Gasteiger partial charge in [0.25, 0.3) is 0 Å². The Morgan fingerprint density at radius 3 is 2.65 bits per heavy atom. The number of thiazole rings is 1. The second-order valence-electron chi connectivity index (χ2n) is 9.03. The van der Waals surface area contributed by atoms with Crippen molar-refractivity contribution in [3.05, 3.63) is 51.8 Å². The molecule has 2 amide bonds. The first-order chi connectivity index (χ1) is 18.9. The van der Waals surface area contributed by atoms with Crippen LogP contribution in [0.3, 0.4) is 0 Å². The Morgan fingerprint density at radius 2 is 1.95 bits per heavy atom. The van der Waals surface area contributed by atoms with Crippen molar-refractivity contribution in [2.75, 3.05) is 24.7 Å². The number of urea groups is 1. The number of amides is 2. The number of carbonyl (C=O) groups is 2. The van der Waals surface area contributed by atoms with Crippen LogP contribution in [0, 0.1) is 11.7 Å². The first-order valence-corrected chi connectivity index (χ1v) is 13.8. The van der Waals surface area contributed by atoms with Crippen molar-refractivity contribution >= 4 is 61.9 Å². The topological polar surface area (TPSA) is 92.8 Å². The lowest BCUT2D eigenvalue weighted by Crippen LogP contribution is -2.44. The molecule has 8 nitrogen and oxygen atoms in total. The smallest absolute Gasteiger partial charge is 0.486 e. The van der Waals surface area contributed by atoms with Gasteiger partial charge in [0.15, 0.2) is 0 Å². The first-order valence-electron chi connectivity index (χ1n) is 12.2. The van der Waals surface area contributed by atoms with Crippen LogP contribution in [-0.4, -0.2) is 42.8 Å². The Kier molecular flexibility index (Phi) is 9.60. The first kappa shape index (κ1) is 30.1. The molecule has 0 spiro atoms. The van der Waals surface area contributed by atoms with E-state index in [0.717, 1.165) is 43.3 Å². The van der Waals surface area contributed by atoms with Crippen molar-refractivity contribution in [2.45, 2.75) is 38.5 Å². The van der Waals surface area contributed by atoms with Gasteiger partial charge >= 0.3 is 18.2 Å². The van der Waals surface area contributed by atoms with E-state index >= 15 is 0 Å². The van der Waals surface area contributed by atoms with Crippen LogP contribution in [0.5, 0.6) is 5.75 Å². The van der Waals surface area contributed by atoms with Gasteiger partial charge < -0.3 is 20.2 Å². The minimum Gasteiger partial charge on any atom is -0.486 e. The summed E-state index contributed by atoms with van der Waals surface area (Å²) >= 11 is 13.0. The molecule has 216 valence electrons. The van der Waals surface area contributed by atoms with Crippen LogP contribution in [0.25, 0.3) is 10.2 Å². The van der Waals surface area contributed by atoms with Crippen LogP contribution in [0.2, 0.25) is 10.0 Å². The van der Waals surface area contributed by atoms with E-state index in [1.165, 1.54) is 24.3 Å². The molecule has 1 saturated heterocycles. The van der Waals surface area contributed by atoms with E-state index in [9.17, 15) is 27.2 Å². The number of anilines is 1. The summed E-state index contributed by atoms with van der Waals surface area (Å²) in [6.07, 6.45) is -3.65. The molecule has 2 N–H and O–H groups in total. The number of hydrogen-bond acceptors (Lipinski definition) is 7. The van der Waals surface area contributed by atoms with Crippen molar-refractivity contribution in [3.63, 3.8) is 0 Å². The number of nitrogens with zero attached hydrogens (tertiary/aromatic N) is 2. The summed E-state index contributed by atoms with van der Waals surface area (Å²) in [5, 5.41) is 5.66. The number of halogens is 6. The van der Waals surface area contributed by atoms with E-state index in [-0.39, 0.29) is 38.1 Å². The van der Waals surface area contributed by atoms with Crippen LogP contribution in [0.1, 0.15) is 37.9 Å². The van der Waals surface area contributed by atoms with Crippen molar-refractivity contribution < 1.29 is 36.7 Å². The second-order valence-corrected chi connectivity index (χ2v) is 10.8. The fourth-order valence-electron chi connectivity index (χ4n) is 4.16. The van der Waals surface area contributed by atoms with Crippen molar-refractivity contribution in [1.29, 1.82) is 0 Å². The zero-order valence-electron chi connectivity index (χ0n) is 21.0. The molecule has 0 bridgehead atoms. The molecule has 0 aliphatic carbocycles. The SMILES string of the molecule is CC(Oc1ccc2nc(N(OC(=O)C(F)(F)F)C(=O)NCCC3CCNCC3)sc2c1)c1c(Cl)ccc(F)c1Cl. The largest absolute Gasteiger partial charge is 0.493 e. The molecule has 1 atom stereocenters. The molecular weight excluding hydrogens is 599 g/mol. The second kappa shape index (κ2) is 12.8. The molecule has 15 heteroatoms. The fourth-order valence-corrected chi connectivity index (χ4v) is 5.77. The van der Waals surface area contributed by atoms with Crippen LogP contribution < -0.4 is 20.4 Å². The summed E-state index contributed by atoms with van der Waals surface area (Å²) in [6, 6.07) is 5.97. The maximum absolute atomic E-state index is 13.9. The zero-order valence-corrected chi connectivity index (χ0v) is 23.3. The minimum atomic E-state index is -5.33. The van der Waals surface area contributed by atoms with Gasteiger partial charge in [-0.3, -0.25) is 0 Å². The molecule has 1 fully saturated rings. The van der Waals surface area contributed by atoms with Crippen LogP contribution in [0.4, 0.5) is 27.5 Å². The highest BCUT2D eigenvalue weighted by Crippen LogP contribution is 2.37. The summed E-state index contributed by atoms with van der Waals surface area (Å²) < 4.78 is 59.1. The predicted molar refractivity (Wildman–Crippen MR) is 143 cm³/mol. The molecule has 1 aliphatic rings. The third kappa shape index (κ3) is 7.25. The zero-order chi connectivity index (χ0) is 29.0. The highest BCUT2D eigenvalue weighted by molar-refractivity contribution is 7.22. The van der Waals surface area contributed by atoms with Crippen molar-refractivity contribution in [2.24, 2.45) is 5.92 Å². The lowest BCUT2D eigenvalue weighted by Gasteiger charge is -2.23. The van der Waals surface area contributed by atoms with Crippen LogP contribution >= 0.6 is 34.5 Å². The lowest BCUT2D eigenvalue weighted by atomic mass is 9.95. The van der Waals surface area contributed by atoms with Gasteiger partial charge in [0, 0.05) is 17.1 Å². The Morgan fingerprint density at radius 1 is 1.23 bits per heavy atom. The van der Waals surface area contributed by atoms with Crippen molar-refractivity contribution in [3.8, 4) is 5.75 Å². The molecule has 4 rings (SSSR count). The van der Waals surface area contributed by atoms with E-state index in [4.69, 9.17) is 27.9 Å². The number of carbonyl (C=O) groups excluding carboxylic acids is 2. The Balaban J connectivity index is 1.53. The average Bonchev–Trinajstić information content (AvgIpc) is 3.32. The number of benzene rings is 2. The minimum absolute atomic E-state index is 0.176. The van der Waals surface area contributed by atoms with Gasteiger partial charge in [0.05, 0.1) is 15.2 Å². The Hall–Kier alpha value is -2.87. The number of ether oxygens (including phenoxy) is 1. The van der Waals surface area contributed by atoms with Gasteiger partial charge in [-0.2, -0.15) is 13.2 Å². The van der Waals surface area contributed by atoms with E-state index in [1.54, 1.807) is 6.92 Å². The molecule has 1 unspecified atom stereocenters. The average molecular weight is 623 g/mol. The third-order valence-corrected chi connectivity index (χ3v) is 7.90. The van der Waals surface area contributed by atoms with Crippen LogP contribution in [-0.2, 0) is 9.63 Å². The summed E-state index contributed by atoms with van der Waals surface area (Å²) in [7, 11) is 0.